The summed E-state index contributed by atoms with van der Waals surface area (Å²) in [4.78, 5) is 22.6. The van der Waals surface area contributed by atoms with Gasteiger partial charge in [-0.3, -0.25) is 0 Å². The zero-order valence-electron chi connectivity index (χ0n) is 31.1. The van der Waals surface area contributed by atoms with Crippen molar-refractivity contribution in [1.82, 2.24) is 4.90 Å². The normalized spacial score (nSPS) is 10.1. The SMILES string of the molecule is CCCCCCCCCCCC(=O)[O-].CCCCCCCCCCCC(=O)[O-].CCC[CH2][Sn+2][CH2]CCC.CCN(CC)CC. The van der Waals surface area contributed by atoms with Gasteiger partial charge in [-0.05, 0) is 45.3 Å². The molecule has 0 fully saturated rings. The van der Waals surface area contributed by atoms with Crippen molar-refractivity contribution < 1.29 is 19.8 Å². The average Bonchev–Trinajstić information content (AvgIpc) is 3.01. The molecule has 0 unspecified atom stereocenters. The summed E-state index contributed by atoms with van der Waals surface area (Å²) in [6, 6.07) is 0. The molecule has 0 spiro atoms. The summed E-state index contributed by atoms with van der Waals surface area (Å²) in [5.74, 6) is -1.82. The monoisotopic (exact) mass is 734 g/mol. The molecule has 0 atom stereocenters. The van der Waals surface area contributed by atoms with Gasteiger partial charge in [0.25, 0.3) is 0 Å². The first-order valence-corrected chi connectivity index (χ1v) is 23.2. The van der Waals surface area contributed by atoms with Crippen LogP contribution in [0.3, 0.4) is 0 Å². The molecule has 0 aromatic rings. The molecule has 0 saturated carbocycles. The van der Waals surface area contributed by atoms with Gasteiger partial charge in [0.1, 0.15) is 0 Å². The van der Waals surface area contributed by atoms with E-state index < -0.39 is 11.9 Å². The van der Waals surface area contributed by atoms with Gasteiger partial charge in [-0.25, -0.2) is 0 Å². The molecule has 0 radical (unpaired) electrons. The molecule has 264 valence electrons. The van der Waals surface area contributed by atoms with Crippen LogP contribution in [0.1, 0.15) is 203 Å². The van der Waals surface area contributed by atoms with Crippen LogP contribution in [0, 0.1) is 0 Å². The molecule has 0 bridgehead atoms. The predicted octanol–water partition coefficient (Wildman–Crippen LogP) is 9.79. The zero-order valence-corrected chi connectivity index (χ0v) is 33.9. The molecular formula is C38H79NO4Sn. The second-order valence-electron chi connectivity index (χ2n) is 12.0. The van der Waals surface area contributed by atoms with E-state index in [4.69, 9.17) is 0 Å². The van der Waals surface area contributed by atoms with Gasteiger partial charge in [0.2, 0.25) is 0 Å². The maximum absolute atomic E-state index is 10.1. The summed E-state index contributed by atoms with van der Waals surface area (Å²) in [5.41, 5.74) is 0. The van der Waals surface area contributed by atoms with E-state index >= 15 is 0 Å². The fraction of sp³-hybridized carbons (Fsp3) is 0.947. The summed E-state index contributed by atoms with van der Waals surface area (Å²) < 4.78 is 3.25. The number of carboxylic acid groups (broad SMARTS) is 2. The first-order chi connectivity index (χ1) is 21.3. The van der Waals surface area contributed by atoms with Crippen molar-refractivity contribution in [3.63, 3.8) is 0 Å². The number of hydrogen-bond acceptors (Lipinski definition) is 5. The van der Waals surface area contributed by atoms with Crippen molar-refractivity contribution in [1.29, 1.82) is 0 Å². The van der Waals surface area contributed by atoms with E-state index in [1.54, 1.807) is 8.87 Å². The number of carbonyl (C=O) groups excluding carboxylic acids is 2. The standard InChI is InChI=1S/2C12H24O2.C6H15N.2C4H9.Sn/c2*1-2-3-4-5-6-7-8-9-10-11-12(13)14;1-4-7(5-2)6-3;2*1-3-4-2;/h2*2-11H2,1H3,(H,13,14);4-6H2,1-3H3;2*1,3-4H2,2H3;/q;;;;;+2/p-2. The van der Waals surface area contributed by atoms with Crippen LogP contribution in [-0.4, -0.2) is 57.6 Å². The van der Waals surface area contributed by atoms with Crippen LogP contribution in [0.25, 0.3) is 0 Å². The van der Waals surface area contributed by atoms with Gasteiger partial charge < -0.3 is 24.7 Å². The molecule has 5 nitrogen and oxygen atoms in total. The molecule has 0 N–H and O–H groups in total. The van der Waals surface area contributed by atoms with Crippen LogP contribution in [0.2, 0.25) is 8.87 Å². The summed E-state index contributed by atoms with van der Waals surface area (Å²) in [7, 11) is 0. The van der Waals surface area contributed by atoms with Gasteiger partial charge in [-0.2, -0.15) is 0 Å². The van der Waals surface area contributed by atoms with Crippen LogP contribution < -0.4 is 10.2 Å². The third-order valence-corrected chi connectivity index (χ3v) is 11.8. The Kier molecular flexibility index (Phi) is 57.0. The molecule has 0 amide bonds. The first-order valence-electron chi connectivity index (χ1n) is 19.1. The molecule has 44 heavy (non-hydrogen) atoms. The Bertz CT molecular complexity index is 472. The molecule has 0 heterocycles. The molecule has 6 heteroatoms. The van der Waals surface area contributed by atoms with Crippen molar-refractivity contribution in [3.05, 3.63) is 0 Å². The quantitative estimate of drug-likeness (QED) is 0.0565. The van der Waals surface area contributed by atoms with Crippen LogP contribution in [-0.2, 0) is 9.59 Å². The minimum Gasteiger partial charge on any atom is -0.304 e. The number of unbranched alkanes of at least 4 members (excludes halogenated alkanes) is 18. The Labute approximate surface area is 287 Å². The minimum absolute atomic E-state index is 0.149. The number of aliphatic carboxylic acids is 2. The Hall–Kier alpha value is -0.301. The predicted molar refractivity (Wildman–Crippen MR) is 192 cm³/mol. The molecule has 0 aliphatic rings. The maximum atomic E-state index is 10.1. The van der Waals surface area contributed by atoms with E-state index in [-0.39, 0.29) is 34.0 Å². The number of rotatable bonds is 29. The van der Waals surface area contributed by atoms with Gasteiger partial charge in [-0.1, -0.05) is 137 Å². The number of carboxylic acids is 2. The average molecular weight is 733 g/mol. The molecule has 0 rings (SSSR count). The Balaban J connectivity index is -0.000000251. The number of nitrogens with zero attached hydrogens (tertiary/aromatic N) is 1. The maximum Gasteiger partial charge on any atom is -0.00474 e. The Morgan fingerprint density at radius 1 is 0.409 bits per heavy atom. The van der Waals surface area contributed by atoms with Crippen molar-refractivity contribution in [2.24, 2.45) is 0 Å². The second kappa shape index (κ2) is 49.6. The fourth-order valence-electron chi connectivity index (χ4n) is 4.56. The van der Waals surface area contributed by atoms with E-state index in [0.717, 1.165) is 25.7 Å². The minimum atomic E-state index is -0.909. The zero-order chi connectivity index (χ0) is 33.9. The van der Waals surface area contributed by atoms with Crippen molar-refractivity contribution in [3.8, 4) is 0 Å². The molecular weight excluding hydrogens is 653 g/mol. The van der Waals surface area contributed by atoms with E-state index in [2.05, 4.69) is 53.4 Å². The number of carbonyl (C=O) groups is 2. The third kappa shape index (κ3) is 60.8. The van der Waals surface area contributed by atoms with Crippen LogP contribution >= 0.6 is 0 Å². The van der Waals surface area contributed by atoms with Gasteiger partial charge in [-0.15, -0.1) is 0 Å². The largest absolute Gasteiger partial charge is 0.304 e. The fourth-order valence-corrected chi connectivity index (χ4v) is 8.72. The molecule has 0 aromatic heterocycles. The van der Waals surface area contributed by atoms with Gasteiger partial charge >= 0.3 is 69.5 Å². The summed E-state index contributed by atoms with van der Waals surface area (Å²) in [6.07, 6.45) is 28.2. The summed E-state index contributed by atoms with van der Waals surface area (Å²) in [5, 5.41) is 20.2. The van der Waals surface area contributed by atoms with E-state index in [0.29, 0.717) is 0 Å². The van der Waals surface area contributed by atoms with Crippen molar-refractivity contribution in [2.45, 2.75) is 211 Å². The van der Waals surface area contributed by atoms with Crippen LogP contribution in [0.15, 0.2) is 0 Å². The molecule has 0 aliphatic heterocycles. The molecule has 0 aliphatic carbocycles. The van der Waals surface area contributed by atoms with E-state index in [1.165, 1.54) is 135 Å². The smallest absolute Gasteiger partial charge is 0.00474 e. The first kappa shape index (κ1) is 50.6. The summed E-state index contributed by atoms with van der Waals surface area (Å²) >= 11 is 0.149. The number of hydrogen-bond donors (Lipinski definition) is 0. The Morgan fingerprint density at radius 3 is 0.864 bits per heavy atom. The third-order valence-electron chi connectivity index (χ3n) is 7.72. The van der Waals surface area contributed by atoms with E-state index in [9.17, 15) is 19.8 Å². The summed E-state index contributed by atoms with van der Waals surface area (Å²) in [6.45, 7) is 19.2. The molecule has 0 aromatic carbocycles. The van der Waals surface area contributed by atoms with Crippen LogP contribution in [0.4, 0.5) is 0 Å². The Morgan fingerprint density at radius 2 is 0.659 bits per heavy atom. The van der Waals surface area contributed by atoms with E-state index in [1.807, 2.05) is 0 Å². The van der Waals surface area contributed by atoms with Gasteiger partial charge in [0.15, 0.2) is 0 Å². The second-order valence-corrected chi connectivity index (χ2v) is 16.3. The van der Waals surface area contributed by atoms with Crippen molar-refractivity contribution in [2.75, 3.05) is 19.6 Å². The van der Waals surface area contributed by atoms with Gasteiger partial charge in [0, 0.05) is 11.9 Å². The van der Waals surface area contributed by atoms with Crippen LogP contribution in [0.5, 0.6) is 0 Å². The van der Waals surface area contributed by atoms with Gasteiger partial charge in [0.05, 0.1) is 0 Å². The van der Waals surface area contributed by atoms with Crippen molar-refractivity contribution >= 4 is 33.1 Å². The topological polar surface area (TPSA) is 83.5 Å². The molecule has 0 saturated heterocycles.